The van der Waals surface area contributed by atoms with Gasteiger partial charge in [-0.3, -0.25) is 10.1 Å². The van der Waals surface area contributed by atoms with Crippen LogP contribution in [0.4, 0.5) is 5.69 Å². The minimum absolute atomic E-state index is 0.0698. The Labute approximate surface area is 151 Å². The molecule has 0 N–H and O–H groups in total. The average molecular weight is 347 g/mol. The molecule has 0 fully saturated rings. The number of carbonyl (C=O) groups excluding carboxylic acids is 1. The van der Waals surface area contributed by atoms with Gasteiger partial charge in [0.05, 0.1) is 4.92 Å². The van der Waals surface area contributed by atoms with Crippen LogP contribution in [0.3, 0.4) is 0 Å². The molecule has 0 aliphatic carbocycles. The first-order valence-corrected chi connectivity index (χ1v) is 8.09. The normalized spacial score (nSPS) is 10.4. The smallest absolute Gasteiger partial charge is 0.350 e. The predicted molar refractivity (Wildman–Crippen MR) is 99.4 cm³/mol. The number of ether oxygens (including phenoxy) is 1. The summed E-state index contributed by atoms with van der Waals surface area (Å²) in [4.78, 5) is 22.8. The van der Waals surface area contributed by atoms with Crippen LogP contribution in [0.25, 0.3) is 11.1 Å². The van der Waals surface area contributed by atoms with E-state index in [9.17, 15) is 14.9 Å². The van der Waals surface area contributed by atoms with E-state index in [0.29, 0.717) is 5.75 Å². The fourth-order valence-electron chi connectivity index (χ4n) is 2.73. The van der Waals surface area contributed by atoms with Crippen molar-refractivity contribution in [2.75, 3.05) is 0 Å². The largest absolute Gasteiger partial charge is 0.422 e. The van der Waals surface area contributed by atoms with Crippen LogP contribution in [0.2, 0.25) is 0 Å². The van der Waals surface area contributed by atoms with Crippen LogP contribution in [0.5, 0.6) is 5.75 Å². The molecule has 130 valence electrons. The van der Waals surface area contributed by atoms with Crippen molar-refractivity contribution in [1.82, 2.24) is 0 Å². The van der Waals surface area contributed by atoms with Crippen molar-refractivity contribution >= 4 is 11.7 Å². The number of para-hydroxylation sites is 1. The molecule has 0 aliphatic heterocycles. The summed E-state index contributed by atoms with van der Waals surface area (Å²) in [6, 6.07) is 19.4. The number of aryl methyl sites for hydroxylation is 2. The lowest BCUT2D eigenvalue weighted by molar-refractivity contribution is -0.385. The first-order valence-electron chi connectivity index (χ1n) is 8.09. The Morgan fingerprint density at radius 3 is 2.35 bits per heavy atom. The Morgan fingerprint density at radius 1 is 0.923 bits per heavy atom. The minimum Gasteiger partial charge on any atom is -0.422 e. The van der Waals surface area contributed by atoms with Gasteiger partial charge in [-0.15, -0.1) is 0 Å². The van der Waals surface area contributed by atoms with Gasteiger partial charge >= 0.3 is 5.97 Å². The van der Waals surface area contributed by atoms with Crippen LogP contribution in [0.15, 0.2) is 66.7 Å². The third kappa shape index (κ3) is 3.62. The van der Waals surface area contributed by atoms with Gasteiger partial charge in [-0.05, 0) is 48.7 Å². The number of carbonyl (C=O) groups is 1. The Bertz CT molecular complexity index is 995. The SMILES string of the molecule is Cc1cccc(-c2ccc(OC(=O)c3ccccc3[N+](=O)[O-])c(C)c2)c1. The van der Waals surface area contributed by atoms with E-state index in [4.69, 9.17) is 4.74 Å². The van der Waals surface area contributed by atoms with Crippen molar-refractivity contribution in [3.63, 3.8) is 0 Å². The summed E-state index contributed by atoms with van der Waals surface area (Å²) in [7, 11) is 0. The summed E-state index contributed by atoms with van der Waals surface area (Å²) in [5.74, 6) is -0.367. The first-order chi connectivity index (χ1) is 12.5. The van der Waals surface area contributed by atoms with Crippen LogP contribution in [-0.4, -0.2) is 10.9 Å². The highest BCUT2D eigenvalue weighted by Gasteiger charge is 2.21. The van der Waals surface area contributed by atoms with Crippen LogP contribution in [0.1, 0.15) is 21.5 Å². The molecular formula is C21H17NO4. The average Bonchev–Trinajstić information content (AvgIpc) is 2.63. The highest BCUT2D eigenvalue weighted by Crippen LogP contribution is 2.28. The monoisotopic (exact) mass is 347 g/mol. The quantitative estimate of drug-likeness (QED) is 0.285. The second kappa shape index (κ2) is 7.19. The predicted octanol–water partition coefficient (Wildman–Crippen LogP) is 5.10. The molecular weight excluding hydrogens is 330 g/mol. The summed E-state index contributed by atoms with van der Waals surface area (Å²) in [5.41, 5.74) is 3.68. The highest BCUT2D eigenvalue weighted by molar-refractivity contribution is 5.95. The van der Waals surface area contributed by atoms with Gasteiger partial charge in [0, 0.05) is 6.07 Å². The van der Waals surface area contributed by atoms with Crippen molar-refractivity contribution in [1.29, 1.82) is 0 Å². The van der Waals surface area contributed by atoms with Gasteiger partial charge in [0.2, 0.25) is 0 Å². The van der Waals surface area contributed by atoms with E-state index in [-0.39, 0.29) is 11.3 Å². The van der Waals surface area contributed by atoms with Gasteiger partial charge in [0.1, 0.15) is 11.3 Å². The Kier molecular flexibility index (Phi) is 4.80. The van der Waals surface area contributed by atoms with E-state index < -0.39 is 10.9 Å². The number of esters is 1. The lowest BCUT2D eigenvalue weighted by Gasteiger charge is -2.10. The van der Waals surface area contributed by atoms with Gasteiger partial charge in [-0.2, -0.15) is 0 Å². The number of benzene rings is 3. The van der Waals surface area contributed by atoms with Crippen molar-refractivity contribution in [3.8, 4) is 16.9 Å². The molecule has 3 aromatic carbocycles. The van der Waals surface area contributed by atoms with Gasteiger partial charge < -0.3 is 4.74 Å². The molecule has 5 heteroatoms. The van der Waals surface area contributed by atoms with Gasteiger partial charge in [-0.1, -0.05) is 48.0 Å². The van der Waals surface area contributed by atoms with Crippen LogP contribution in [0, 0.1) is 24.0 Å². The summed E-state index contributed by atoms with van der Waals surface area (Å²) in [5, 5.41) is 11.1. The Morgan fingerprint density at radius 2 is 1.65 bits per heavy atom. The molecule has 0 saturated heterocycles. The maximum Gasteiger partial charge on any atom is 0.350 e. The summed E-state index contributed by atoms with van der Waals surface area (Å²) < 4.78 is 5.39. The summed E-state index contributed by atoms with van der Waals surface area (Å²) >= 11 is 0. The van der Waals surface area contributed by atoms with Crippen molar-refractivity contribution in [2.45, 2.75) is 13.8 Å². The number of nitrogens with zero attached hydrogens (tertiary/aromatic N) is 1. The molecule has 3 rings (SSSR count). The number of nitro groups is 1. The lowest BCUT2D eigenvalue weighted by atomic mass is 10.0. The fourth-order valence-corrected chi connectivity index (χ4v) is 2.73. The molecule has 0 spiro atoms. The van der Waals surface area contributed by atoms with Crippen molar-refractivity contribution < 1.29 is 14.5 Å². The van der Waals surface area contributed by atoms with Crippen LogP contribution in [-0.2, 0) is 0 Å². The van der Waals surface area contributed by atoms with E-state index >= 15 is 0 Å². The molecule has 0 aliphatic rings. The standard InChI is InChI=1S/C21H17NO4/c1-14-6-5-7-16(12-14)17-10-11-20(15(2)13-17)26-21(23)18-8-3-4-9-19(18)22(24)25/h3-13H,1-2H3. The van der Waals surface area contributed by atoms with E-state index in [1.807, 2.05) is 44.2 Å². The van der Waals surface area contributed by atoms with E-state index in [1.165, 1.54) is 18.2 Å². The van der Waals surface area contributed by atoms with Crippen molar-refractivity contribution in [3.05, 3.63) is 93.5 Å². The number of hydrogen-bond acceptors (Lipinski definition) is 4. The minimum atomic E-state index is -0.747. The molecule has 0 radical (unpaired) electrons. The molecule has 0 saturated carbocycles. The van der Waals surface area contributed by atoms with E-state index in [0.717, 1.165) is 22.3 Å². The second-order valence-electron chi connectivity index (χ2n) is 6.01. The van der Waals surface area contributed by atoms with E-state index in [1.54, 1.807) is 12.1 Å². The summed E-state index contributed by atoms with van der Waals surface area (Å²) in [6.07, 6.45) is 0. The molecule has 0 amide bonds. The second-order valence-corrected chi connectivity index (χ2v) is 6.01. The van der Waals surface area contributed by atoms with Crippen LogP contribution >= 0.6 is 0 Å². The molecule has 0 bridgehead atoms. The Balaban J connectivity index is 1.87. The number of rotatable bonds is 4. The maximum absolute atomic E-state index is 12.4. The van der Waals surface area contributed by atoms with Crippen molar-refractivity contribution in [2.24, 2.45) is 0 Å². The zero-order valence-corrected chi connectivity index (χ0v) is 14.4. The molecule has 26 heavy (non-hydrogen) atoms. The maximum atomic E-state index is 12.4. The van der Waals surface area contributed by atoms with E-state index in [2.05, 4.69) is 6.07 Å². The molecule has 0 heterocycles. The molecule has 0 unspecified atom stereocenters. The highest BCUT2D eigenvalue weighted by atomic mass is 16.6. The third-order valence-corrected chi connectivity index (χ3v) is 4.05. The van der Waals surface area contributed by atoms with Crippen LogP contribution < -0.4 is 4.74 Å². The van der Waals surface area contributed by atoms with Gasteiger partial charge in [-0.25, -0.2) is 4.79 Å². The summed E-state index contributed by atoms with van der Waals surface area (Å²) in [6.45, 7) is 3.86. The molecule has 0 aromatic heterocycles. The Hall–Kier alpha value is -3.47. The first kappa shape index (κ1) is 17.4. The zero-order valence-electron chi connectivity index (χ0n) is 14.4. The molecule has 5 nitrogen and oxygen atoms in total. The topological polar surface area (TPSA) is 69.4 Å². The molecule has 3 aromatic rings. The third-order valence-electron chi connectivity index (χ3n) is 4.05. The zero-order chi connectivity index (χ0) is 18.7. The van der Waals surface area contributed by atoms with Gasteiger partial charge in [0.25, 0.3) is 5.69 Å². The number of hydrogen-bond donors (Lipinski definition) is 0. The molecule has 0 atom stereocenters. The van der Waals surface area contributed by atoms with Gasteiger partial charge in [0.15, 0.2) is 0 Å². The fraction of sp³-hybridized carbons (Fsp3) is 0.0952. The lowest BCUT2D eigenvalue weighted by Crippen LogP contribution is -2.11. The number of nitro benzene ring substituents is 1.